The number of benzene rings is 1. The van der Waals surface area contributed by atoms with Crippen molar-refractivity contribution in [1.82, 2.24) is 0 Å². The van der Waals surface area contributed by atoms with E-state index in [2.05, 4.69) is 12.6 Å². The molecular weight excluding hydrogens is 176 g/mol. The van der Waals surface area contributed by atoms with Crippen LogP contribution in [0.25, 0.3) is 0 Å². The van der Waals surface area contributed by atoms with Crippen molar-refractivity contribution in [2.45, 2.75) is 4.90 Å². The van der Waals surface area contributed by atoms with E-state index in [0.717, 1.165) is 10.6 Å². The summed E-state index contributed by atoms with van der Waals surface area (Å²) in [6, 6.07) is 7.74. The van der Waals surface area contributed by atoms with Crippen LogP contribution in [-0.4, -0.2) is 12.5 Å². The summed E-state index contributed by atoms with van der Waals surface area (Å²) in [5, 5.41) is 0. The highest BCUT2D eigenvalue weighted by Crippen LogP contribution is 2.22. The van der Waals surface area contributed by atoms with Gasteiger partial charge in [0, 0.05) is 0 Å². The van der Waals surface area contributed by atoms with Gasteiger partial charge in [0.15, 0.2) is 11.2 Å². The van der Waals surface area contributed by atoms with Gasteiger partial charge in [0.05, 0.1) is 4.90 Å². The maximum absolute atomic E-state index is 5.50. The fourth-order valence-electron chi connectivity index (χ4n) is 0.707. The van der Waals surface area contributed by atoms with E-state index in [1.807, 2.05) is 36.8 Å². The van der Waals surface area contributed by atoms with Crippen molar-refractivity contribution in [3.8, 4) is 5.75 Å². The topological polar surface area (TPSA) is 9.23 Å². The van der Waals surface area contributed by atoms with Gasteiger partial charge in [-0.05, 0) is 12.1 Å². The number of rotatable bonds is 2. The lowest BCUT2D eigenvalue weighted by atomic mass is 10.3. The third kappa shape index (κ3) is 2.67. The summed E-state index contributed by atoms with van der Waals surface area (Å²) in [5.74, 6) is 0.865. The van der Waals surface area contributed by atoms with E-state index in [0.29, 0.717) is 0 Å². The summed E-state index contributed by atoms with van der Waals surface area (Å²) in [6.45, 7) is 0. The molecule has 1 aromatic rings. The van der Waals surface area contributed by atoms with Crippen LogP contribution in [0.3, 0.4) is 0 Å². The van der Waals surface area contributed by atoms with E-state index in [4.69, 9.17) is 4.18 Å². The molecule has 0 atom stereocenters. The van der Waals surface area contributed by atoms with Crippen molar-refractivity contribution in [2.24, 2.45) is 0 Å². The van der Waals surface area contributed by atoms with Gasteiger partial charge in [-0.2, -0.15) is 0 Å². The summed E-state index contributed by atoms with van der Waals surface area (Å²) in [7, 11) is 0. The van der Waals surface area contributed by atoms with Gasteiger partial charge in [0.25, 0.3) is 0 Å². The van der Waals surface area contributed by atoms with Gasteiger partial charge in [-0.3, -0.25) is 4.18 Å². The molecule has 0 saturated heterocycles. The van der Waals surface area contributed by atoms with Gasteiger partial charge in [-0.25, -0.2) is 0 Å². The highest BCUT2D eigenvalue weighted by atomic mass is 32.2. The van der Waals surface area contributed by atoms with E-state index in [1.165, 1.54) is 0 Å². The Morgan fingerprint density at radius 1 is 1.27 bits per heavy atom. The van der Waals surface area contributed by atoms with E-state index in [-0.39, 0.29) is 11.2 Å². The number of thiol groups is 1. The van der Waals surface area contributed by atoms with Gasteiger partial charge < -0.3 is 0 Å². The van der Waals surface area contributed by atoms with Crippen LogP contribution < -0.4 is 4.18 Å². The quantitative estimate of drug-likeness (QED) is 0.551. The van der Waals surface area contributed by atoms with Crippen molar-refractivity contribution >= 4 is 23.8 Å². The summed E-state index contributed by atoms with van der Waals surface area (Å²) in [6.07, 6.45) is 4.06. The van der Waals surface area contributed by atoms with Crippen LogP contribution in [0.2, 0.25) is 0 Å². The van der Waals surface area contributed by atoms with Crippen molar-refractivity contribution in [3.05, 3.63) is 24.3 Å². The van der Waals surface area contributed by atoms with Gasteiger partial charge in [0.2, 0.25) is 5.75 Å². The first-order valence-corrected chi connectivity index (χ1v) is 5.65. The Morgan fingerprint density at radius 2 is 1.91 bits per heavy atom. The predicted molar refractivity (Wildman–Crippen MR) is 53.5 cm³/mol. The minimum atomic E-state index is -0.0257. The Balaban J connectivity index is 2.78. The number of para-hydroxylation sites is 1. The van der Waals surface area contributed by atoms with Crippen LogP contribution in [0.1, 0.15) is 0 Å². The fourth-order valence-corrected chi connectivity index (χ4v) is 1.48. The normalized spacial score (nSPS) is 10.2. The lowest BCUT2D eigenvalue weighted by Crippen LogP contribution is -2.04. The van der Waals surface area contributed by atoms with Crippen LogP contribution in [0.15, 0.2) is 29.2 Å². The molecule has 0 fully saturated rings. The standard InChI is InChI=1S/C8H10OS2/c1-11(2)9-7-5-3-4-6-8(7)10/h3-6H,1-2H3/p+1. The first-order chi connectivity index (χ1) is 5.20. The molecule has 1 rings (SSSR count). The third-order valence-electron chi connectivity index (χ3n) is 1.12. The molecule has 0 saturated carbocycles. The van der Waals surface area contributed by atoms with E-state index in [9.17, 15) is 0 Å². The van der Waals surface area contributed by atoms with Gasteiger partial charge in [0.1, 0.15) is 12.5 Å². The lowest BCUT2D eigenvalue weighted by Gasteiger charge is -2.00. The second-order valence-electron chi connectivity index (χ2n) is 2.29. The first kappa shape index (κ1) is 8.81. The molecule has 0 bridgehead atoms. The van der Waals surface area contributed by atoms with Crippen molar-refractivity contribution in [2.75, 3.05) is 12.5 Å². The maximum Gasteiger partial charge on any atom is 0.200 e. The van der Waals surface area contributed by atoms with Crippen LogP contribution in [-0.2, 0) is 11.2 Å². The van der Waals surface area contributed by atoms with Crippen molar-refractivity contribution in [1.29, 1.82) is 0 Å². The second-order valence-corrected chi connectivity index (χ2v) is 4.42. The molecule has 1 nitrogen and oxygen atoms in total. The summed E-state index contributed by atoms with van der Waals surface area (Å²) < 4.78 is 5.50. The lowest BCUT2D eigenvalue weighted by molar-refractivity contribution is 0.618. The van der Waals surface area contributed by atoms with Gasteiger partial charge in [-0.15, -0.1) is 12.6 Å². The molecule has 0 radical (unpaired) electrons. The zero-order valence-corrected chi connectivity index (χ0v) is 8.28. The average molecular weight is 187 g/mol. The Kier molecular flexibility index (Phi) is 3.15. The van der Waals surface area contributed by atoms with Crippen molar-refractivity contribution < 1.29 is 4.18 Å². The molecule has 0 aromatic heterocycles. The summed E-state index contributed by atoms with van der Waals surface area (Å²) >= 11 is 4.23. The molecule has 0 spiro atoms. The predicted octanol–water partition coefficient (Wildman–Crippen LogP) is 2.15. The maximum atomic E-state index is 5.50. The zero-order valence-electron chi connectivity index (χ0n) is 6.57. The van der Waals surface area contributed by atoms with Crippen LogP contribution in [0.5, 0.6) is 5.75 Å². The highest BCUT2D eigenvalue weighted by molar-refractivity contribution is 7.91. The summed E-state index contributed by atoms with van der Waals surface area (Å²) in [4.78, 5) is 0.897. The Labute approximate surface area is 75.7 Å². The molecule has 1 aromatic carbocycles. The molecule has 0 aliphatic rings. The molecular formula is C8H11OS2+. The van der Waals surface area contributed by atoms with Crippen LogP contribution in [0.4, 0.5) is 0 Å². The Hall–Kier alpha value is -0.280. The largest absolute Gasteiger partial charge is 0.285 e. The molecule has 0 aliphatic carbocycles. The summed E-state index contributed by atoms with van der Waals surface area (Å²) in [5.41, 5.74) is 0. The van der Waals surface area contributed by atoms with E-state index >= 15 is 0 Å². The van der Waals surface area contributed by atoms with E-state index in [1.54, 1.807) is 0 Å². The van der Waals surface area contributed by atoms with Gasteiger partial charge in [-0.1, -0.05) is 12.1 Å². The van der Waals surface area contributed by atoms with Crippen LogP contribution in [0, 0.1) is 0 Å². The molecule has 0 aliphatic heterocycles. The second kappa shape index (κ2) is 3.93. The van der Waals surface area contributed by atoms with Crippen molar-refractivity contribution in [3.63, 3.8) is 0 Å². The van der Waals surface area contributed by atoms with E-state index < -0.39 is 0 Å². The van der Waals surface area contributed by atoms with Gasteiger partial charge >= 0.3 is 0 Å². The average Bonchev–Trinajstić information content (AvgIpc) is 1.93. The molecule has 11 heavy (non-hydrogen) atoms. The van der Waals surface area contributed by atoms with Crippen LogP contribution >= 0.6 is 12.6 Å². The minimum absolute atomic E-state index is 0.0257. The first-order valence-electron chi connectivity index (χ1n) is 3.24. The minimum Gasteiger partial charge on any atom is -0.285 e. The number of hydrogen-bond acceptors (Lipinski definition) is 2. The Bertz CT molecular complexity index is 235. The zero-order chi connectivity index (χ0) is 8.27. The molecule has 0 heterocycles. The molecule has 60 valence electrons. The molecule has 0 N–H and O–H groups in total. The highest BCUT2D eigenvalue weighted by Gasteiger charge is 2.07. The Morgan fingerprint density at radius 3 is 2.45 bits per heavy atom. The molecule has 3 heteroatoms. The molecule has 0 amide bonds. The SMILES string of the molecule is C[S+](C)Oc1ccccc1S. The monoisotopic (exact) mass is 187 g/mol. The number of hydrogen-bond donors (Lipinski definition) is 1. The fraction of sp³-hybridized carbons (Fsp3) is 0.250. The molecule has 0 unspecified atom stereocenters. The smallest absolute Gasteiger partial charge is 0.200 e. The third-order valence-corrected chi connectivity index (χ3v) is 2.00.